The van der Waals surface area contributed by atoms with Gasteiger partial charge in [0.1, 0.15) is 6.54 Å². The average Bonchev–Trinajstić information content (AvgIpc) is 2.93. The molecule has 1 aromatic heterocycles. The van der Waals surface area contributed by atoms with E-state index in [1.807, 2.05) is 55.5 Å². The lowest BCUT2D eigenvalue weighted by molar-refractivity contribution is -0.400. The van der Waals surface area contributed by atoms with Crippen LogP contribution in [-0.4, -0.2) is 15.4 Å². The van der Waals surface area contributed by atoms with E-state index in [4.69, 9.17) is 0 Å². The van der Waals surface area contributed by atoms with Gasteiger partial charge in [-0.2, -0.15) is 0 Å². The summed E-state index contributed by atoms with van der Waals surface area (Å²) < 4.78 is 1.79. The van der Waals surface area contributed by atoms with Crippen LogP contribution in [0.1, 0.15) is 11.1 Å². The number of carbonyl (C=O) groups is 1. The summed E-state index contributed by atoms with van der Waals surface area (Å²) in [6.07, 6.45) is 4.09. The molecule has 0 fully saturated rings. The molecule has 0 bridgehead atoms. The fourth-order valence-electron chi connectivity index (χ4n) is 2.67. The summed E-state index contributed by atoms with van der Waals surface area (Å²) in [6, 6.07) is 15.1. The second-order valence-electron chi connectivity index (χ2n) is 5.74. The van der Waals surface area contributed by atoms with E-state index in [-0.39, 0.29) is 12.5 Å². The van der Waals surface area contributed by atoms with Gasteiger partial charge in [0.15, 0.2) is 0 Å². The molecule has 0 aliphatic carbocycles. The van der Waals surface area contributed by atoms with Crippen molar-refractivity contribution in [1.29, 1.82) is 0 Å². The highest BCUT2D eigenvalue weighted by Crippen LogP contribution is 2.22. The Morgan fingerprint density at radius 3 is 2.64 bits per heavy atom. The zero-order valence-electron chi connectivity index (χ0n) is 13.7. The van der Waals surface area contributed by atoms with E-state index in [1.165, 1.54) is 6.08 Å². The fourth-order valence-corrected chi connectivity index (χ4v) is 2.67. The van der Waals surface area contributed by atoms with E-state index >= 15 is 0 Å². The lowest BCUT2D eigenvalue weighted by atomic mass is 10.2. The summed E-state index contributed by atoms with van der Waals surface area (Å²) in [6.45, 7) is 2.11. The van der Waals surface area contributed by atoms with Gasteiger partial charge >= 0.3 is 0 Å². The Bertz CT molecular complexity index is 956. The molecule has 0 radical (unpaired) electrons. The van der Waals surface area contributed by atoms with Crippen molar-refractivity contribution in [2.75, 3.05) is 5.32 Å². The van der Waals surface area contributed by atoms with Gasteiger partial charge in [-0.1, -0.05) is 35.9 Å². The van der Waals surface area contributed by atoms with Crippen molar-refractivity contribution in [3.05, 3.63) is 82.2 Å². The molecule has 0 saturated heterocycles. The van der Waals surface area contributed by atoms with Gasteiger partial charge in [-0.25, -0.2) is 0 Å². The van der Waals surface area contributed by atoms with Crippen LogP contribution in [0.3, 0.4) is 0 Å². The zero-order valence-corrected chi connectivity index (χ0v) is 13.7. The first-order chi connectivity index (χ1) is 12.0. The molecule has 6 heteroatoms. The Kier molecular flexibility index (Phi) is 4.61. The van der Waals surface area contributed by atoms with Gasteiger partial charge in [-0.15, -0.1) is 0 Å². The van der Waals surface area contributed by atoms with Crippen LogP contribution in [0.2, 0.25) is 0 Å². The Morgan fingerprint density at radius 2 is 1.92 bits per heavy atom. The number of anilines is 1. The monoisotopic (exact) mass is 335 g/mol. The molecular weight excluding hydrogens is 318 g/mol. The SMILES string of the molecule is Cc1ccc(NC(=O)Cn2cc(/C=C/[N+](=O)[O-])c3ccccc32)cc1. The second kappa shape index (κ2) is 7.00. The number of rotatable bonds is 5. The largest absolute Gasteiger partial charge is 0.337 e. The minimum absolute atomic E-state index is 0.126. The minimum Gasteiger partial charge on any atom is -0.337 e. The van der Waals surface area contributed by atoms with Crippen molar-refractivity contribution in [2.45, 2.75) is 13.5 Å². The van der Waals surface area contributed by atoms with Gasteiger partial charge in [0.25, 0.3) is 0 Å². The molecule has 1 N–H and O–H groups in total. The Morgan fingerprint density at radius 1 is 1.20 bits per heavy atom. The molecule has 3 aromatic rings. The van der Waals surface area contributed by atoms with E-state index in [0.29, 0.717) is 5.56 Å². The van der Waals surface area contributed by atoms with Crippen LogP contribution in [-0.2, 0) is 11.3 Å². The number of hydrogen-bond acceptors (Lipinski definition) is 3. The van der Waals surface area contributed by atoms with Crippen molar-refractivity contribution in [3.63, 3.8) is 0 Å². The Balaban J connectivity index is 1.84. The molecule has 0 unspecified atom stereocenters. The number of nitro groups is 1. The molecule has 1 amide bonds. The van der Waals surface area contributed by atoms with E-state index < -0.39 is 4.92 Å². The van der Waals surface area contributed by atoms with E-state index in [9.17, 15) is 14.9 Å². The van der Waals surface area contributed by atoms with Gasteiger partial charge < -0.3 is 9.88 Å². The van der Waals surface area contributed by atoms with Crippen molar-refractivity contribution < 1.29 is 9.72 Å². The van der Waals surface area contributed by atoms with Crippen molar-refractivity contribution >= 4 is 28.6 Å². The lowest BCUT2D eigenvalue weighted by Crippen LogP contribution is -2.18. The van der Waals surface area contributed by atoms with E-state index in [0.717, 1.165) is 28.4 Å². The maximum atomic E-state index is 12.3. The summed E-state index contributed by atoms with van der Waals surface area (Å²) in [5.74, 6) is -0.158. The molecule has 1 heterocycles. The first-order valence-electron chi connectivity index (χ1n) is 7.79. The standard InChI is InChI=1S/C19H17N3O3/c1-14-6-8-16(9-7-14)20-19(23)13-21-12-15(10-11-22(24)25)17-4-2-3-5-18(17)21/h2-12H,13H2,1H3,(H,20,23)/b11-10+. The maximum absolute atomic E-state index is 12.3. The number of hydrogen-bond donors (Lipinski definition) is 1. The van der Waals surface area contributed by atoms with Crippen LogP contribution >= 0.6 is 0 Å². The van der Waals surface area contributed by atoms with E-state index in [1.54, 1.807) is 10.8 Å². The number of aryl methyl sites for hydroxylation is 1. The van der Waals surface area contributed by atoms with Crippen molar-refractivity contribution in [2.24, 2.45) is 0 Å². The molecule has 0 saturated carbocycles. The van der Waals surface area contributed by atoms with Crippen LogP contribution in [0.15, 0.2) is 60.9 Å². The third-order valence-electron chi connectivity index (χ3n) is 3.84. The zero-order chi connectivity index (χ0) is 17.8. The topological polar surface area (TPSA) is 77.2 Å². The quantitative estimate of drug-likeness (QED) is 0.568. The summed E-state index contributed by atoms with van der Waals surface area (Å²) in [4.78, 5) is 22.4. The number of nitrogens with one attached hydrogen (secondary N) is 1. The van der Waals surface area contributed by atoms with Crippen molar-refractivity contribution in [3.8, 4) is 0 Å². The van der Waals surface area contributed by atoms with Crippen LogP contribution in [0, 0.1) is 17.0 Å². The molecule has 0 atom stereocenters. The van der Waals surface area contributed by atoms with Gasteiger partial charge in [0, 0.05) is 34.4 Å². The maximum Gasteiger partial charge on any atom is 0.244 e. The molecule has 0 spiro atoms. The Hall–Kier alpha value is -3.41. The molecule has 0 aliphatic rings. The number of carbonyl (C=O) groups excluding carboxylic acids is 1. The first-order valence-corrected chi connectivity index (χ1v) is 7.79. The molecule has 0 aliphatic heterocycles. The van der Waals surface area contributed by atoms with Gasteiger partial charge in [0.2, 0.25) is 12.1 Å². The van der Waals surface area contributed by atoms with Gasteiger partial charge in [-0.05, 0) is 25.1 Å². The molecule has 25 heavy (non-hydrogen) atoms. The summed E-state index contributed by atoms with van der Waals surface area (Å²) in [7, 11) is 0. The highest BCUT2D eigenvalue weighted by Gasteiger charge is 2.10. The molecule has 126 valence electrons. The first kappa shape index (κ1) is 16.4. The number of benzene rings is 2. The highest BCUT2D eigenvalue weighted by atomic mass is 16.6. The lowest BCUT2D eigenvalue weighted by Gasteiger charge is -2.07. The van der Waals surface area contributed by atoms with E-state index in [2.05, 4.69) is 5.32 Å². The van der Waals surface area contributed by atoms with Crippen LogP contribution in [0.25, 0.3) is 17.0 Å². The molecule has 6 nitrogen and oxygen atoms in total. The molecule has 2 aromatic carbocycles. The summed E-state index contributed by atoms with van der Waals surface area (Å²) in [5, 5.41) is 14.3. The fraction of sp³-hybridized carbons (Fsp3) is 0.105. The number of para-hydroxylation sites is 1. The highest BCUT2D eigenvalue weighted by molar-refractivity contribution is 5.94. The van der Waals surface area contributed by atoms with Crippen LogP contribution in [0.5, 0.6) is 0 Å². The normalized spacial score (nSPS) is 11.1. The smallest absolute Gasteiger partial charge is 0.244 e. The predicted octanol–water partition coefficient (Wildman–Crippen LogP) is 3.84. The number of nitrogens with zero attached hydrogens (tertiary/aromatic N) is 2. The van der Waals surface area contributed by atoms with Gasteiger partial charge in [0.05, 0.1) is 4.92 Å². The number of fused-ring (bicyclic) bond motifs is 1. The number of aromatic nitrogens is 1. The Labute approximate surface area is 144 Å². The number of amides is 1. The minimum atomic E-state index is -0.504. The average molecular weight is 335 g/mol. The van der Waals surface area contributed by atoms with Crippen LogP contribution in [0.4, 0.5) is 5.69 Å². The van der Waals surface area contributed by atoms with Gasteiger partial charge in [-0.3, -0.25) is 14.9 Å². The third kappa shape index (κ3) is 3.92. The van der Waals surface area contributed by atoms with Crippen LogP contribution < -0.4 is 5.32 Å². The van der Waals surface area contributed by atoms with Crippen molar-refractivity contribution in [1.82, 2.24) is 4.57 Å². The molecular formula is C19H17N3O3. The summed E-state index contributed by atoms with van der Waals surface area (Å²) >= 11 is 0. The second-order valence-corrected chi connectivity index (χ2v) is 5.74. The predicted molar refractivity (Wildman–Crippen MR) is 97.8 cm³/mol. The third-order valence-corrected chi connectivity index (χ3v) is 3.84. The molecule has 3 rings (SSSR count). The summed E-state index contributed by atoms with van der Waals surface area (Å²) in [5.41, 5.74) is 3.41.